The number of hydrogen-bond acceptors (Lipinski definition) is 3. The van der Waals surface area contributed by atoms with Crippen molar-refractivity contribution >= 4 is 21.6 Å². The van der Waals surface area contributed by atoms with Crippen LogP contribution < -0.4 is 5.32 Å². The van der Waals surface area contributed by atoms with Gasteiger partial charge in [-0.25, -0.2) is 4.98 Å². The van der Waals surface area contributed by atoms with Crippen molar-refractivity contribution in [1.82, 2.24) is 4.98 Å². The number of halogens is 1. The van der Waals surface area contributed by atoms with Gasteiger partial charge in [-0.05, 0) is 41.9 Å². The maximum atomic E-state index is 5.30. The van der Waals surface area contributed by atoms with Gasteiger partial charge in [-0.1, -0.05) is 0 Å². The van der Waals surface area contributed by atoms with E-state index in [9.17, 15) is 0 Å². The van der Waals surface area contributed by atoms with E-state index in [1.807, 2.05) is 26.0 Å². The molecule has 4 heteroatoms. The van der Waals surface area contributed by atoms with Crippen LogP contribution in [0.15, 0.2) is 22.9 Å². The minimum Gasteiger partial charge on any atom is -0.380 e. The number of hydrogen-bond donors (Lipinski definition) is 1. The van der Waals surface area contributed by atoms with Gasteiger partial charge in [0.25, 0.3) is 0 Å². The fourth-order valence-corrected chi connectivity index (χ4v) is 1.29. The average molecular weight is 259 g/mol. The molecule has 0 spiro atoms. The van der Waals surface area contributed by atoms with E-state index in [2.05, 4.69) is 26.2 Å². The molecule has 0 aliphatic carbocycles. The number of ether oxygens (including phenoxy) is 1. The van der Waals surface area contributed by atoms with E-state index in [-0.39, 0.29) is 5.60 Å². The van der Waals surface area contributed by atoms with Crippen molar-refractivity contribution in [3.8, 4) is 0 Å². The topological polar surface area (TPSA) is 34.1 Å². The Morgan fingerprint density at radius 2 is 2.29 bits per heavy atom. The lowest BCUT2D eigenvalue weighted by atomic mass is 10.1. The number of methoxy groups -OCH3 is 1. The first kappa shape index (κ1) is 11.5. The van der Waals surface area contributed by atoms with Crippen molar-refractivity contribution in [3.05, 3.63) is 22.9 Å². The summed E-state index contributed by atoms with van der Waals surface area (Å²) in [5, 5.41) is 3.27. The lowest BCUT2D eigenvalue weighted by Gasteiger charge is -2.23. The molecule has 0 fully saturated rings. The van der Waals surface area contributed by atoms with E-state index in [1.54, 1.807) is 13.3 Å². The van der Waals surface area contributed by atoms with Gasteiger partial charge in [0.1, 0.15) is 4.60 Å². The van der Waals surface area contributed by atoms with Crippen LogP contribution in [0.25, 0.3) is 0 Å². The van der Waals surface area contributed by atoms with Gasteiger partial charge in [0, 0.05) is 19.9 Å². The quantitative estimate of drug-likeness (QED) is 0.844. The first-order valence-corrected chi connectivity index (χ1v) is 5.24. The zero-order chi connectivity index (χ0) is 10.6. The summed E-state index contributed by atoms with van der Waals surface area (Å²) in [7, 11) is 1.71. The van der Waals surface area contributed by atoms with Crippen LogP contribution in [0.3, 0.4) is 0 Å². The first-order chi connectivity index (χ1) is 6.55. The highest BCUT2D eigenvalue weighted by molar-refractivity contribution is 9.10. The molecule has 1 N–H and O–H groups in total. The third kappa shape index (κ3) is 3.27. The van der Waals surface area contributed by atoms with Crippen molar-refractivity contribution < 1.29 is 4.74 Å². The van der Waals surface area contributed by atoms with Crippen molar-refractivity contribution in [1.29, 1.82) is 0 Å². The third-order valence-electron chi connectivity index (χ3n) is 2.02. The second kappa shape index (κ2) is 4.75. The molecule has 78 valence electrons. The van der Waals surface area contributed by atoms with Crippen molar-refractivity contribution in [3.63, 3.8) is 0 Å². The third-order valence-corrected chi connectivity index (χ3v) is 2.65. The van der Waals surface area contributed by atoms with Crippen molar-refractivity contribution in [2.75, 3.05) is 19.0 Å². The predicted molar refractivity (Wildman–Crippen MR) is 61.5 cm³/mol. The molecule has 0 radical (unpaired) electrons. The van der Waals surface area contributed by atoms with E-state index in [1.165, 1.54) is 0 Å². The Morgan fingerprint density at radius 3 is 2.86 bits per heavy atom. The van der Waals surface area contributed by atoms with Crippen molar-refractivity contribution in [2.24, 2.45) is 0 Å². The number of rotatable bonds is 4. The van der Waals surface area contributed by atoms with Gasteiger partial charge >= 0.3 is 0 Å². The van der Waals surface area contributed by atoms with Gasteiger partial charge in [-0.15, -0.1) is 0 Å². The highest BCUT2D eigenvalue weighted by atomic mass is 79.9. The monoisotopic (exact) mass is 258 g/mol. The molecule has 0 aliphatic heterocycles. The smallest absolute Gasteiger partial charge is 0.129 e. The summed E-state index contributed by atoms with van der Waals surface area (Å²) in [4.78, 5) is 4.12. The first-order valence-electron chi connectivity index (χ1n) is 4.45. The minimum absolute atomic E-state index is 0.171. The molecule has 0 bridgehead atoms. The van der Waals surface area contributed by atoms with E-state index in [0.29, 0.717) is 0 Å². The molecule has 1 aromatic heterocycles. The Bertz CT molecular complexity index is 302. The predicted octanol–water partition coefficient (Wildman–Crippen LogP) is 2.68. The number of nitrogens with one attached hydrogen (secondary N) is 1. The lowest BCUT2D eigenvalue weighted by molar-refractivity contribution is 0.0343. The summed E-state index contributed by atoms with van der Waals surface area (Å²) in [5.41, 5.74) is 0.813. The summed E-state index contributed by atoms with van der Waals surface area (Å²) in [5.74, 6) is 0. The van der Waals surface area contributed by atoms with Crippen LogP contribution in [0, 0.1) is 0 Å². The van der Waals surface area contributed by atoms with Gasteiger partial charge in [-0.3, -0.25) is 0 Å². The Hall–Kier alpha value is -0.610. The Kier molecular flexibility index (Phi) is 3.89. The number of anilines is 1. The molecular formula is C10H15BrN2O. The molecule has 0 aliphatic rings. The molecule has 3 nitrogen and oxygen atoms in total. The SMILES string of the molecule is COC(C)(C)CNc1cccnc1Br. The Balaban J connectivity index is 2.58. The van der Waals surface area contributed by atoms with Gasteiger partial charge in [-0.2, -0.15) is 0 Å². The molecule has 1 heterocycles. The van der Waals surface area contributed by atoms with Crippen LogP contribution in [0.2, 0.25) is 0 Å². The summed E-state index contributed by atoms with van der Waals surface area (Å²) in [6.45, 7) is 4.81. The number of nitrogens with zero attached hydrogens (tertiary/aromatic N) is 1. The van der Waals surface area contributed by atoms with Crippen LogP contribution >= 0.6 is 15.9 Å². The van der Waals surface area contributed by atoms with Crippen LogP contribution in [0.1, 0.15) is 13.8 Å². The molecular weight excluding hydrogens is 244 g/mol. The molecule has 1 aromatic rings. The van der Waals surface area contributed by atoms with Crippen LogP contribution in [0.5, 0.6) is 0 Å². The highest BCUT2D eigenvalue weighted by Crippen LogP contribution is 2.19. The van der Waals surface area contributed by atoms with Gasteiger partial charge in [0.15, 0.2) is 0 Å². The average Bonchev–Trinajstić information content (AvgIpc) is 2.17. The maximum Gasteiger partial charge on any atom is 0.129 e. The number of aromatic nitrogens is 1. The molecule has 0 unspecified atom stereocenters. The molecule has 14 heavy (non-hydrogen) atoms. The fourth-order valence-electron chi connectivity index (χ4n) is 0.898. The van der Waals surface area contributed by atoms with Gasteiger partial charge in [0.2, 0.25) is 0 Å². The van der Waals surface area contributed by atoms with E-state index in [4.69, 9.17) is 4.74 Å². The second-order valence-corrected chi connectivity index (χ2v) is 4.41. The number of pyridine rings is 1. The normalized spacial score (nSPS) is 11.4. The summed E-state index contributed by atoms with van der Waals surface area (Å²) >= 11 is 3.37. The Morgan fingerprint density at radius 1 is 1.57 bits per heavy atom. The summed E-state index contributed by atoms with van der Waals surface area (Å²) in [6, 6.07) is 3.87. The molecule has 0 aromatic carbocycles. The summed E-state index contributed by atoms with van der Waals surface area (Å²) < 4.78 is 6.13. The van der Waals surface area contributed by atoms with Crippen LogP contribution in [-0.2, 0) is 4.74 Å². The summed E-state index contributed by atoms with van der Waals surface area (Å²) in [6.07, 6.45) is 1.75. The molecule has 0 atom stereocenters. The maximum absolute atomic E-state index is 5.30. The molecule has 0 amide bonds. The zero-order valence-corrected chi connectivity index (χ0v) is 10.3. The van der Waals surface area contributed by atoms with E-state index < -0.39 is 0 Å². The van der Waals surface area contributed by atoms with Gasteiger partial charge in [0.05, 0.1) is 11.3 Å². The zero-order valence-electron chi connectivity index (χ0n) is 8.67. The van der Waals surface area contributed by atoms with E-state index >= 15 is 0 Å². The lowest BCUT2D eigenvalue weighted by Crippen LogP contribution is -2.32. The fraction of sp³-hybridized carbons (Fsp3) is 0.500. The minimum atomic E-state index is -0.171. The standard InChI is InChI=1S/C10H15BrN2O/c1-10(2,14-3)7-13-8-5-4-6-12-9(8)11/h4-6,13H,7H2,1-3H3. The largest absolute Gasteiger partial charge is 0.380 e. The van der Waals surface area contributed by atoms with Gasteiger partial charge < -0.3 is 10.1 Å². The second-order valence-electron chi connectivity index (χ2n) is 3.66. The van der Waals surface area contributed by atoms with Crippen LogP contribution in [-0.4, -0.2) is 24.2 Å². The van der Waals surface area contributed by atoms with Crippen molar-refractivity contribution in [2.45, 2.75) is 19.4 Å². The van der Waals surface area contributed by atoms with Crippen LogP contribution in [0.4, 0.5) is 5.69 Å². The Labute approximate surface area is 93.0 Å². The van der Waals surface area contributed by atoms with E-state index in [0.717, 1.165) is 16.8 Å². The molecule has 0 saturated carbocycles. The highest BCUT2D eigenvalue weighted by Gasteiger charge is 2.16. The molecule has 1 rings (SSSR count). The molecule has 0 saturated heterocycles.